The number of halogens is 2. The van der Waals surface area contributed by atoms with Crippen molar-refractivity contribution in [3.05, 3.63) is 34.1 Å². The van der Waals surface area contributed by atoms with Crippen LogP contribution in [0.15, 0.2) is 18.2 Å². The van der Waals surface area contributed by atoms with Gasteiger partial charge in [-0.25, -0.2) is 4.98 Å². The van der Waals surface area contributed by atoms with Gasteiger partial charge >= 0.3 is 0 Å². The molecule has 96 valence electrons. The largest absolute Gasteiger partial charge is 0.383 e. The van der Waals surface area contributed by atoms with Crippen LogP contribution in [0.25, 0.3) is 11.3 Å². The van der Waals surface area contributed by atoms with E-state index in [0.717, 1.165) is 18.8 Å². The first-order valence-corrected chi connectivity index (χ1v) is 6.65. The summed E-state index contributed by atoms with van der Waals surface area (Å²) in [4.78, 5) is 4.56. The van der Waals surface area contributed by atoms with E-state index in [1.807, 2.05) is 24.5 Å². The van der Waals surface area contributed by atoms with Crippen LogP contribution >= 0.6 is 23.2 Å². The second-order valence-corrected chi connectivity index (χ2v) is 4.77. The first kappa shape index (κ1) is 13.2. The predicted molar refractivity (Wildman–Crippen MR) is 77.1 cm³/mol. The van der Waals surface area contributed by atoms with Gasteiger partial charge in [-0.1, -0.05) is 36.2 Å². The van der Waals surface area contributed by atoms with Crippen LogP contribution in [0.5, 0.6) is 0 Å². The molecule has 2 N–H and O–H groups in total. The summed E-state index contributed by atoms with van der Waals surface area (Å²) < 4.78 is 1.98. The molecule has 0 amide bonds. The van der Waals surface area contributed by atoms with Crippen LogP contribution in [0.1, 0.15) is 19.7 Å². The fourth-order valence-electron chi connectivity index (χ4n) is 2.04. The molecule has 5 heteroatoms. The minimum atomic E-state index is 0.567. The summed E-state index contributed by atoms with van der Waals surface area (Å²) in [6.45, 7) is 4.87. The first-order chi connectivity index (χ1) is 8.60. The van der Waals surface area contributed by atoms with E-state index in [2.05, 4.69) is 4.98 Å². The number of rotatable bonds is 3. The number of hydrogen-bond acceptors (Lipinski definition) is 2. The smallest absolute Gasteiger partial charge is 0.131 e. The lowest BCUT2D eigenvalue weighted by Crippen LogP contribution is -2.04. The quantitative estimate of drug-likeness (QED) is 0.925. The van der Waals surface area contributed by atoms with Crippen LogP contribution in [-0.4, -0.2) is 9.55 Å². The van der Waals surface area contributed by atoms with E-state index in [1.54, 1.807) is 12.1 Å². The van der Waals surface area contributed by atoms with Gasteiger partial charge in [-0.3, -0.25) is 0 Å². The predicted octanol–water partition coefficient (Wildman–Crippen LogP) is 4.02. The average Bonchev–Trinajstić information content (AvgIpc) is 2.66. The van der Waals surface area contributed by atoms with E-state index in [1.165, 1.54) is 0 Å². The summed E-state index contributed by atoms with van der Waals surface area (Å²) in [5.74, 6) is 1.56. The second-order valence-electron chi connectivity index (χ2n) is 3.96. The average molecular weight is 284 g/mol. The Morgan fingerprint density at radius 2 is 1.83 bits per heavy atom. The summed E-state index contributed by atoms with van der Waals surface area (Å²) in [7, 11) is 0. The molecule has 0 saturated heterocycles. The highest BCUT2D eigenvalue weighted by Gasteiger charge is 2.18. The number of imidazole rings is 1. The number of anilines is 1. The molecule has 0 radical (unpaired) electrons. The van der Waals surface area contributed by atoms with Crippen molar-refractivity contribution in [3.8, 4) is 11.3 Å². The minimum absolute atomic E-state index is 0.567. The number of aromatic nitrogens is 2. The van der Waals surface area contributed by atoms with Crippen LogP contribution in [0.4, 0.5) is 5.82 Å². The lowest BCUT2D eigenvalue weighted by molar-refractivity contribution is 0.713. The third-order valence-electron chi connectivity index (χ3n) is 2.92. The van der Waals surface area contributed by atoms with E-state index in [4.69, 9.17) is 28.9 Å². The van der Waals surface area contributed by atoms with Gasteiger partial charge in [0.1, 0.15) is 17.3 Å². The van der Waals surface area contributed by atoms with Crippen LogP contribution in [0.3, 0.4) is 0 Å². The molecule has 0 aliphatic rings. The summed E-state index contributed by atoms with van der Waals surface area (Å²) in [6, 6.07) is 5.39. The van der Waals surface area contributed by atoms with E-state index < -0.39 is 0 Å². The van der Waals surface area contributed by atoms with Gasteiger partial charge in [0.15, 0.2) is 0 Å². The molecular weight excluding hydrogens is 269 g/mol. The number of nitrogens with zero attached hydrogens (tertiary/aromatic N) is 2. The van der Waals surface area contributed by atoms with Crippen molar-refractivity contribution in [3.63, 3.8) is 0 Å². The second kappa shape index (κ2) is 5.21. The maximum Gasteiger partial charge on any atom is 0.131 e. The van der Waals surface area contributed by atoms with Gasteiger partial charge in [-0.05, 0) is 19.1 Å². The van der Waals surface area contributed by atoms with Gasteiger partial charge < -0.3 is 10.3 Å². The highest BCUT2D eigenvalue weighted by atomic mass is 35.5. The summed E-state index contributed by atoms with van der Waals surface area (Å²) >= 11 is 12.4. The van der Waals surface area contributed by atoms with Gasteiger partial charge in [0, 0.05) is 18.5 Å². The monoisotopic (exact) mass is 283 g/mol. The normalized spacial score (nSPS) is 10.9. The third kappa shape index (κ3) is 2.08. The Labute approximate surface area is 117 Å². The number of nitrogens with two attached hydrogens (primary N) is 1. The van der Waals surface area contributed by atoms with Crippen molar-refractivity contribution in [1.82, 2.24) is 9.55 Å². The van der Waals surface area contributed by atoms with Crippen molar-refractivity contribution < 1.29 is 0 Å². The summed E-state index contributed by atoms with van der Waals surface area (Å²) in [6.07, 6.45) is 0.820. The molecule has 0 aliphatic heterocycles. The van der Waals surface area contributed by atoms with E-state index in [9.17, 15) is 0 Å². The Kier molecular flexibility index (Phi) is 3.83. The molecule has 2 aromatic rings. The standard InChI is InChI=1S/C13H15Cl2N3/c1-3-10-17-12(13(16)18(10)4-2)11-8(14)6-5-7-9(11)15/h5-7H,3-4,16H2,1-2H3. The molecule has 0 bridgehead atoms. The fraction of sp³-hybridized carbons (Fsp3) is 0.308. The number of aryl methyl sites for hydroxylation is 1. The topological polar surface area (TPSA) is 43.8 Å². The summed E-state index contributed by atoms with van der Waals surface area (Å²) in [5, 5.41) is 1.13. The zero-order chi connectivity index (χ0) is 13.3. The molecular formula is C13H15Cl2N3. The van der Waals surface area contributed by atoms with Gasteiger partial charge in [-0.2, -0.15) is 0 Å². The lowest BCUT2D eigenvalue weighted by atomic mass is 10.1. The molecule has 18 heavy (non-hydrogen) atoms. The Hall–Kier alpha value is -1.19. The van der Waals surface area contributed by atoms with Crippen LogP contribution in [0.2, 0.25) is 10.0 Å². The molecule has 1 aromatic heterocycles. The fourth-order valence-corrected chi connectivity index (χ4v) is 2.62. The Bertz CT molecular complexity index is 556. The summed E-state index contributed by atoms with van der Waals surface area (Å²) in [5.41, 5.74) is 7.52. The SMILES string of the molecule is CCc1nc(-c2c(Cl)cccc2Cl)c(N)n1CC. The van der Waals surface area contributed by atoms with Gasteiger partial charge in [0.05, 0.1) is 10.0 Å². The van der Waals surface area contributed by atoms with E-state index >= 15 is 0 Å². The van der Waals surface area contributed by atoms with Gasteiger partial charge in [0.2, 0.25) is 0 Å². The Morgan fingerprint density at radius 3 is 2.28 bits per heavy atom. The first-order valence-electron chi connectivity index (χ1n) is 5.89. The van der Waals surface area contributed by atoms with Crippen molar-refractivity contribution >= 4 is 29.0 Å². The minimum Gasteiger partial charge on any atom is -0.383 e. The molecule has 1 heterocycles. The van der Waals surface area contributed by atoms with Crippen LogP contribution in [-0.2, 0) is 13.0 Å². The molecule has 0 spiro atoms. The van der Waals surface area contributed by atoms with Crippen molar-refractivity contribution in [2.75, 3.05) is 5.73 Å². The van der Waals surface area contributed by atoms with E-state index in [0.29, 0.717) is 27.1 Å². The highest BCUT2D eigenvalue weighted by molar-refractivity contribution is 6.39. The molecule has 0 atom stereocenters. The zero-order valence-electron chi connectivity index (χ0n) is 10.4. The van der Waals surface area contributed by atoms with Crippen molar-refractivity contribution in [2.45, 2.75) is 26.8 Å². The van der Waals surface area contributed by atoms with Gasteiger partial charge in [0.25, 0.3) is 0 Å². The molecule has 1 aromatic carbocycles. The molecule has 3 nitrogen and oxygen atoms in total. The molecule has 0 unspecified atom stereocenters. The van der Waals surface area contributed by atoms with E-state index in [-0.39, 0.29) is 0 Å². The van der Waals surface area contributed by atoms with Crippen LogP contribution < -0.4 is 5.73 Å². The maximum atomic E-state index is 6.19. The highest BCUT2D eigenvalue weighted by Crippen LogP contribution is 2.37. The Morgan fingerprint density at radius 1 is 1.22 bits per heavy atom. The molecule has 0 aliphatic carbocycles. The van der Waals surface area contributed by atoms with Gasteiger partial charge in [-0.15, -0.1) is 0 Å². The van der Waals surface area contributed by atoms with Crippen molar-refractivity contribution in [1.29, 1.82) is 0 Å². The maximum absolute atomic E-state index is 6.19. The lowest BCUT2D eigenvalue weighted by Gasteiger charge is -2.06. The number of nitrogen functional groups attached to an aromatic ring is 1. The number of benzene rings is 1. The molecule has 2 rings (SSSR count). The Balaban J connectivity index is 2.68. The molecule has 0 fully saturated rings. The van der Waals surface area contributed by atoms with Crippen LogP contribution in [0, 0.1) is 0 Å². The van der Waals surface area contributed by atoms with Crippen molar-refractivity contribution in [2.24, 2.45) is 0 Å². The molecule has 0 saturated carbocycles. The third-order valence-corrected chi connectivity index (χ3v) is 3.55. The number of hydrogen-bond donors (Lipinski definition) is 1. The zero-order valence-corrected chi connectivity index (χ0v) is 11.9.